The highest BCUT2D eigenvalue weighted by Gasteiger charge is 2.35. The molecule has 1 N–H and O–H groups in total. The van der Waals surface area contributed by atoms with Gasteiger partial charge in [0.25, 0.3) is 0 Å². The first kappa shape index (κ1) is 13.4. The molecule has 17 heavy (non-hydrogen) atoms. The van der Waals surface area contributed by atoms with Crippen molar-refractivity contribution in [3.63, 3.8) is 0 Å². The minimum atomic E-state index is -3.37. The summed E-state index contributed by atoms with van der Waals surface area (Å²) >= 11 is 3.02. The van der Waals surface area contributed by atoms with Crippen molar-refractivity contribution < 1.29 is 13.2 Å². The Bertz CT molecular complexity index is 449. The molecule has 1 aromatic heterocycles. The summed E-state index contributed by atoms with van der Waals surface area (Å²) in [4.78, 5) is 0. The molecule has 0 amide bonds. The van der Waals surface area contributed by atoms with E-state index in [-0.39, 0.29) is 5.60 Å². The van der Waals surface area contributed by atoms with E-state index in [0.29, 0.717) is 10.8 Å². The number of nitrogens with one attached hydrogen (secondary N) is 1. The molecule has 0 aromatic carbocycles. The molecule has 4 nitrogen and oxygen atoms in total. The topological polar surface area (TPSA) is 55.4 Å². The molecular formula is C10H15NO3S3. The lowest BCUT2D eigenvalue weighted by molar-refractivity contribution is 0.0179. The third-order valence-electron chi connectivity index (χ3n) is 2.84. The monoisotopic (exact) mass is 293 g/mol. The maximum Gasteiger partial charge on any atom is 0.250 e. The molecule has 7 heteroatoms. The fraction of sp³-hybridized carbons (Fsp3) is 0.600. The Morgan fingerprint density at radius 3 is 2.94 bits per heavy atom. The van der Waals surface area contributed by atoms with E-state index in [0.717, 1.165) is 17.9 Å². The van der Waals surface area contributed by atoms with Gasteiger partial charge in [0.1, 0.15) is 4.21 Å². The summed E-state index contributed by atoms with van der Waals surface area (Å²) in [5.74, 6) is 1.87. The molecule has 0 spiro atoms. The summed E-state index contributed by atoms with van der Waals surface area (Å²) in [7, 11) is -1.73. The van der Waals surface area contributed by atoms with Crippen LogP contribution in [-0.2, 0) is 14.8 Å². The van der Waals surface area contributed by atoms with Gasteiger partial charge in [0, 0.05) is 19.4 Å². The largest absolute Gasteiger partial charge is 0.376 e. The van der Waals surface area contributed by atoms with Crippen molar-refractivity contribution in [3.05, 3.63) is 17.5 Å². The van der Waals surface area contributed by atoms with Crippen LogP contribution in [0.25, 0.3) is 0 Å². The summed E-state index contributed by atoms with van der Waals surface area (Å²) in [5, 5.41) is 1.76. The van der Waals surface area contributed by atoms with Gasteiger partial charge in [-0.1, -0.05) is 6.07 Å². The average Bonchev–Trinajstić information content (AvgIpc) is 2.99. The van der Waals surface area contributed by atoms with Crippen LogP contribution in [-0.4, -0.2) is 39.2 Å². The van der Waals surface area contributed by atoms with Crippen LogP contribution in [0.2, 0.25) is 0 Å². The number of methoxy groups -OCH3 is 1. The molecule has 0 aliphatic carbocycles. The van der Waals surface area contributed by atoms with Gasteiger partial charge in [-0.3, -0.25) is 0 Å². The van der Waals surface area contributed by atoms with Gasteiger partial charge in [-0.15, -0.1) is 11.3 Å². The van der Waals surface area contributed by atoms with Crippen molar-refractivity contribution in [3.8, 4) is 0 Å². The Kier molecular flexibility index (Phi) is 4.14. The van der Waals surface area contributed by atoms with E-state index in [9.17, 15) is 8.42 Å². The highest BCUT2D eigenvalue weighted by atomic mass is 32.2. The van der Waals surface area contributed by atoms with E-state index < -0.39 is 10.0 Å². The summed E-state index contributed by atoms with van der Waals surface area (Å²) in [6.45, 7) is 0.344. The Balaban J connectivity index is 2.02. The maximum absolute atomic E-state index is 11.9. The zero-order valence-electron chi connectivity index (χ0n) is 9.51. The molecule has 1 fully saturated rings. The Morgan fingerprint density at radius 2 is 2.41 bits per heavy atom. The quantitative estimate of drug-likeness (QED) is 0.895. The van der Waals surface area contributed by atoms with Crippen LogP contribution in [0.4, 0.5) is 0 Å². The summed E-state index contributed by atoms with van der Waals surface area (Å²) < 4.78 is 32.4. The molecule has 0 radical (unpaired) electrons. The van der Waals surface area contributed by atoms with Crippen LogP contribution in [0, 0.1) is 0 Å². The molecule has 1 unspecified atom stereocenters. The predicted octanol–water partition coefficient (Wildman–Crippen LogP) is 1.55. The molecular weight excluding hydrogens is 278 g/mol. The SMILES string of the molecule is COC1(CNS(=O)(=O)c2cccs2)CCSC1. The molecule has 1 aliphatic rings. The van der Waals surface area contributed by atoms with Gasteiger partial charge in [-0.05, 0) is 23.6 Å². The van der Waals surface area contributed by atoms with Gasteiger partial charge in [0.15, 0.2) is 0 Å². The normalized spacial score (nSPS) is 25.2. The number of thiophene rings is 1. The van der Waals surface area contributed by atoms with Gasteiger partial charge >= 0.3 is 0 Å². The number of ether oxygens (including phenoxy) is 1. The number of hydrogen-bond donors (Lipinski definition) is 1. The minimum Gasteiger partial charge on any atom is -0.376 e. The van der Waals surface area contributed by atoms with Crippen molar-refractivity contribution in [1.82, 2.24) is 4.72 Å². The van der Waals surface area contributed by atoms with Gasteiger partial charge < -0.3 is 4.74 Å². The number of hydrogen-bond acceptors (Lipinski definition) is 5. The molecule has 96 valence electrons. The third-order valence-corrected chi connectivity index (χ3v) is 6.87. The van der Waals surface area contributed by atoms with Crippen molar-refractivity contribution in [1.29, 1.82) is 0 Å². The second-order valence-corrected chi connectivity index (χ2v) is 7.99. The van der Waals surface area contributed by atoms with Crippen molar-refractivity contribution in [2.24, 2.45) is 0 Å². The average molecular weight is 293 g/mol. The Labute approximate surface area is 110 Å². The lowest BCUT2D eigenvalue weighted by Gasteiger charge is -2.26. The van der Waals surface area contributed by atoms with Gasteiger partial charge in [-0.2, -0.15) is 11.8 Å². The van der Waals surface area contributed by atoms with Gasteiger partial charge in [0.05, 0.1) is 5.60 Å². The first-order valence-corrected chi connectivity index (χ1v) is 8.76. The zero-order chi connectivity index (χ0) is 12.4. The minimum absolute atomic E-state index is 0.338. The van der Waals surface area contributed by atoms with E-state index in [1.54, 1.807) is 36.4 Å². The highest BCUT2D eigenvalue weighted by molar-refractivity contribution is 7.99. The smallest absolute Gasteiger partial charge is 0.250 e. The van der Waals surface area contributed by atoms with Crippen molar-refractivity contribution in [2.75, 3.05) is 25.2 Å². The van der Waals surface area contributed by atoms with Crippen LogP contribution in [0.1, 0.15) is 6.42 Å². The number of sulfonamides is 1. The first-order chi connectivity index (χ1) is 8.08. The number of thioether (sulfide) groups is 1. The standard InChI is InChI=1S/C10H15NO3S3/c1-14-10(4-6-15-8-10)7-11-17(12,13)9-3-2-5-16-9/h2-3,5,11H,4,6-8H2,1H3. The van der Waals surface area contributed by atoms with E-state index in [1.165, 1.54) is 11.3 Å². The molecule has 0 saturated carbocycles. The highest BCUT2D eigenvalue weighted by Crippen LogP contribution is 2.30. The van der Waals surface area contributed by atoms with Gasteiger partial charge in [0.2, 0.25) is 10.0 Å². The second-order valence-electron chi connectivity index (χ2n) is 3.95. The molecule has 0 bridgehead atoms. The van der Waals surface area contributed by atoms with Crippen LogP contribution >= 0.6 is 23.1 Å². The van der Waals surface area contributed by atoms with E-state index >= 15 is 0 Å². The molecule has 1 aliphatic heterocycles. The summed E-state index contributed by atoms with van der Waals surface area (Å²) in [6.07, 6.45) is 0.890. The first-order valence-electron chi connectivity index (χ1n) is 5.24. The van der Waals surface area contributed by atoms with Crippen LogP contribution in [0.3, 0.4) is 0 Å². The lowest BCUT2D eigenvalue weighted by Crippen LogP contribution is -2.44. The molecule has 1 aromatic rings. The summed E-state index contributed by atoms with van der Waals surface area (Å²) in [5.41, 5.74) is -0.338. The number of rotatable bonds is 5. The molecule has 1 saturated heterocycles. The third kappa shape index (κ3) is 3.03. The maximum atomic E-state index is 11.9. The van der Waals surface area contributed by atoms with Crippen LogP contribution < -0.4 is 4.72 Å². The molecule has 2 rings (SSSR count). The Morgan fingerprint density at radius 1 is 1.59 bits per heavy atom. The van der Waals surface area contributed by atoms with E-state index in [2.05, 4.69) is 4.72 Å². The van der Waals surface area contributed by atoms with Crippen LogP contribution in [0.15, 0.2) is 21.7 Å². The van der Waals surface area contributed by atoms with E-state index in [4.69, 9.17) is 4.74 Å². The molecule has 1 atom stereocenters. The lowest BCUT2D eigenvalue weighted by atomic mass is 10.0. The predicted molar refractivity (Wildman–Crippen MR) is 71.2 cm³/mol. The second kappa shape index (κ2) is 5.27. The Hall–Kier alpha value is -0.0800. The van der Waals surface area contributed by atoms with Crippen molar-refractivity contribution >= 4 is 33.1 Å². The zero-order valence-corrected chi connectivity index (χ0v) is 12.0. The van der Waals surface area contributed by atoms with Crippen molar-refractivity contribution in [2.45, 2.75) is 16.2 Å². The fourth-order valence-corrected chi connectivity index (χ4v) is 5.22. The van der Waals surface area contributed by atoms with E-state index in [1.807, 2.05) is 0 Å². The molecule has 2 heterocycles. The van der Waals surface area contributed by atoms with Crippen LogP contribution in [0.5, 0.6) is 0 Å². The summed E-state index contributed by atoms with van der Waals surface area (Å²) in [6, 6.07) is 3.34. The van der Waals surface area contributed by atoms with Gasteiger partial charge in [-0.25, -0.2) is 13.1 Å². The fourth-order valence-electron chi connectivity index (χ4n) is 1.68.